The zero-order valence-corrected chi connectivity index (χ0v) is 24.6. The summed E-state index contributed by atoms with van der Waals surface area (Å²) in [4.78, 5) is 10.9. The Labute approximate surface area is 259 Å². The van der Waals surface area contributed by atoms with E-state index in [2.05, 4.69) is 0 Å². The standard InChI is InChI=1S/C19H15FO4.C18H15FO2/c1-12-15(10-18(24-12)19(21)22)11-23-17-8-4-14(5-9-17)13-2-6-16(20)7-3-13;1-13-16(10-11-20-13)12-21-18-8-4-15(5-9-18)14-2-6-17(19)7-3-14/h2-10H,11H2,1H3,(H,21,22);2-11H,12H2,1H3. The van der Waals surface area contributed by atoms with Crippen LogP contribution in [-0.2, 0) is 13.2 Å². The fraction of sp³-hybridized carbons (Fsp3) is 0.108. The molecule has 0 atom stereocenters. The second-order valence-corrected chi connectivity index (χ2v) is 10.1. The van der Waals surface area contributed by atoms with Gasteiger partial charge in [0.15, 0.2) is 0 Å². The Morgan fingerprint density at radius 1 is 0.622 bits per heavy atom. The van der Waals surface area contributed by atoms with E-state index in [9.17, 15) is 13.6 Å². The quantitative estimate of drug-likeness (QED) is 0.176. The maximum atomic E-state index is 12.9. The van der Waals surface area contributed by atoms with Crippen LogP contribution >= 0.6 is 0 Å². The molecular weight excluding hydrogens is 578 g/mol. The van der Waals surface area contributed by atoms with E-state index in [1.54, 1.807) is 37.5 Å². The van der Waals surface area contributed by atoms with Crippen molar-refractivity contribution in [2.75, 3.05) is 0 Å². The average Bonchev–Trinajstić information content (AvgIpc) is 3.65. The van der Waals surface area contributed by atoms with E-state index in [0.29, 0.717) is 23.7 Å². The van der Waals surface area contributed by atoms with Gasteiger partial charge in [0.2, 0.25) is 5.76 Å². The molecule has 0 fully saturated rings. The molecule has 6 aromatic rings. The predicted molar refractivity (Wildman–Crippen MR) is 166 cm³/mol. The van der Waals surface area contributed by atoms with E-state index < -0.39 is 5.97 Å². The lowest BCUT2D eigenvalue weighted by atomic mass is 10.1. The van der Waals surface area contributed by atoms with Crippen molar-refractivity contribution in [1.82, 2.24) is 0 Å². The predicted octanol–water partition coefficient (Wildman–Crippen LogP) is 9.64. The Balaban J connectivity index is 0.000000179. The van der Waals surface area contributed by atoms with Gasteiger partial charge >= 0.3 is 5.97 Å². The topological polar surface area (TPSA) is 82.0 Å². The van der Waals surface area contributed by atoms with Crippen LogP contribution in [0.3, 0.4) is 0 Å². The molecular formula is C37H30F2O6. The number of halogens is 2. The van der Waals surface area contributed by atoms with Crippen LogP contribution in [-0.4, -0.2) is 11.1 Å². The van der Waals surface area contributed by atoms with Crippen LogP contribution in [0, 0.1) is 25.5 Å². The third-order valence-electron chi connectivity index (χ3n) is 7.05. The summed E-state index contributed by atoms with van der Waals surface area (Å²) in [5, 5.41) is 8.91. The molecule has 0 aliphatic carbocycles. The van der Waals surface area contributed by atoms with Gasteiger partial charge in [-0.2, -0.15) is 0 Å². The molecule has 0 saturated carbocycles. The Kier molecular flexibility index (Phi) is 9.74. The van der Waals surface area contributed by atoms with Crippen molar-refractivity contribution in [3.8, 4) is 33.8 Å². The minimum Gasteiger partial charge on any atom is -0.489 e. The van der Waals surface area contributed by atoms with Crippen LogP contribution in [0.25, 0.3) is 22.3 Å². The monoisotopic (exact) mass is 608 g/mol. The van der Waals surface area contributed by atoms with E-state index in [0.717, 1.165) is 39.3 Å². The number of carboxylic acid groups (broad SMARTS) is 1. The molecule has 0 amide bonds. The number of carboxylic acids is 1. The summed E-state index contributed by atoms with van der Waals surface area (Å²) in [7, 11) is 0. The number of hydrogen-bond donors (Lipinski definition) is 1. The van der Waals surface area contributed by atoms with Crippen molar-refractivity contribution in [3.05, 3.63) is 155 Å². The molecule has 6 nitrogen and oxygen atoms in total. The Hall–Kier alpha value is -5.63. The third-order valence-corrected chi connectivity index (χ3v) is 7.05. The number of hydrogen-bond acceptors (Lipinski definition) is 5. The summed E-state index contributed by atoms with van der Waals surface area (Å²) in [6.07, 6.45) is 1.66. The summed E-state index contributed by atoms with van der Waals surface area (Å²) >= 11 is 0. The summed E-state index contributed by atoms with van der Waals surface area (Å²) in [6.45, 7) is 4.32. The number of rotatable bonds is 9. The van der Waals surface area contributed by atoms with E-state index in [1.165, 1.54) is 30.3 Å². The van der Waals surface area contributed by atoms with Crippen molar-refractivity contribution in [3.63, 3.8) is 0 Å². The molecule has 0 radical (unpaired) electrons. The van der Waals surface area contributed by atoms with Crippen molar-refractivity contribution in [2.24, 2.45) is 0 Å². The summed E-state index contributed by atoms with van der Waals surface area (Å²) in [5.41, 5.74) is 5.61. The van der Waals surface area contributed by atoms with Gasteiger partial charge in [-0.05, 0) is 96.8 Å². The zero-order valence-electron chi connectivity index (χ0n) is 24.6. The molecule has 2 heterocycles. The normalized spacial score (nSPS) is 10.6. The van der Waals surface area contributed by atoms with Gasteiger partial charge in [0.05, 0.1) is 6.26 Å². The fourth-order valence-electron chi connectivity index (χ4n) is 4.42. The second-order valence-electron chi connectivity index (χ2n) is 10.1. The highest BCUT2D eigenvalue weighted by Crippen LogP contribution is 2.25. The lowest BCUT2D eigenvalue weighted by Gasteiger charge is -2.07. The molecule has 1 N–H and O–H groups in total. The number of aromatic carboxylic acids is 1. The van der Waals surface area contributed by atoms with E-state index in [4.69, 9.17) is 23.4 Å². The maximum Gasteiger partial charge on any atom is 0.371 e. The van der Waals surface area contributed by atoms with Crippen LogP contribution < -0.4 is 9.47 Å². The summed E-state index contributed by atoms with van der Waals surface area (Å²) in [5.74, 6) is 1.14. The van der Waals surface area contributed by atoms with Gasteiger partial charge in [-0.25, -0.2) is 13.6 Å². The zero-order chi connectivity index (χ0) is 31.8. The van der Waals surface area contributed by atoms with Gasteiger partial charge in [0.25, 0.3) is 0 Å². The Bertz CT molecular complexity index is 1840. The first-order valence-electron chi connectivity index (χ1n) is 14.1. The Morgan fingerprint density at radius 3 is 1.42 bits per heavy atom. The van der Waals surface area contributed by atoms with Gasteiger partial charge in [-0.1, -0.05) is 48.5 Å². The number of ether oxygens (including phenoxy) is 2. The van der Waals surface area contributed by atoms with Crippen LogP contribution in [0.2, 0.25) is 0 Å². The molecule has 8 heteroatoms. The van der Waals surface area contributed by atoms with Crippen molar-refractivity contribution in [2.45, 2.75) is 27.1 Å². The minimum absolute atomic E-state index is 0.0993. The molecule has 2 aromatic heterocycles. The molecule has 0 unspecified atom stereocenters. The minimum atomic E-state index is -1.10. The summed E-state index contributed by atoms with van der Waals surface area (Å²) < 4.78 is 47.6. The molecule has 4 aromatic carbocycles. The lowest BCUT2D eigenvalue weighted by Crippen LogP contribution is -1.96. The number of aryl methyl sites for hydroxylation is 2. The number of carbonyl (C=O) groups is 1. The lowest BCUT2D eigenvalue weighted by molar-refractivity contribution is 0.0661. The highest BCUT2D eigenvalue weighted by Gasteiger charge is 2.13. The van der Waals surface area contributed by atoms with Crippen molar-refractivity contribution >= 4 is 5.97 Å². The largest absolute Gasteiger partial charge is 0.489 e. The summed E-state index contributed by atoms with van der Waals surface area (Å²) in [6, 6.07) is 31.2. The van der Waals surface area contributed by atoms with Gasteiger partial charge in [-0.3, -0.25) is 0 Å². The van der Waals surface area contributed by atoms with Gasteiger partial charge < -0.3 is 23.4 Å². The second kappa shape index (κ2) is 14.2. The molecule has 0 aliphatic heterocycles. The molecule has 45 heavy (non-hydrogen) atoms. The first-order chi connectivity index (χ1) is 21.7. The molecule has 0 bridgehead atoms. The van der Waals surface area contributed by atoms with Crippen LogP contribution in [0.4, 0.5) is 8.78 Å². The SMILES string of the molecule is Cc1oc(C(=O)O)cc1COc1ccc(-c2ccc(F)cc2)cc1.Cc1occc1COc1ccc(-c2ccc(F)cc2)cc1. The molecule has 0 saturated heterocycles. The molecule has 0 aliphatic rings. The Morgan fingerprint density at radius 2 is 1.04 bits per heavy atom. The van der Waals surface area contributed by atoms with E-state index >= 15 is 0 Å². The van der Waals surface area contributed by atoms with Gasteiger partial charge in [0.1, 0.15) is 47.9 Å². The molecule has 228 valence electrons. The van der Waals surface area contributed by atoms with E-state index in [-0.39, 0.29) is 24.0 Å². The first-order valence-corrected chi connectivity index (χ1v) is 14.1. The smallest absolute Gasteiger partial charge is 0.371 e. The highest BCUT2D eigenvalue weighted by molar-refractivity contribution is 5.84. The van der Waals surface area contributed by atoms with Crippen molar-refractivity contribution < 1.29 is 37.0 Å². The van der Waals surface area contributed by atoms with Gasteiger partial charge in [0, 0.05) is 11.1 Å². The van der Waals surface area contributed by atoms with Crippen LogP contribution in [0.15, 0.2) is 124 Å². The average molecular weight is 609 g/mol. The highest BCUT2D eigenvalue weighted by atomic mass is 19.1. The fourth-order valence-corrected chi connectivity index (χ4v) is 4.42. The van der Waals surface area contributed by atoms with Gasteiger partial charge in [-0.15, -0.1) is 0 Å². The maximum absolute atomic E-state index is 12.9. The number of furan rings is 2. The first kappa shape index (κ1) is 30.8. The number of benzene rings is 4. The molecule has 0 spiro atoms. The van der Waals surface area contributed by atoms with Crippen molar-refractivity contribution in [1.29, 1.82) is 0 Å². The van der Waals surface area contributed by atoms with Crippen LogP contribution in [0.5, 0.6) is 11.5 Å². The third kappa shape index (κ3) is 8.26. The van der Waals surface area contributed by atoms with Crippen LogP contribution in [0.1, 0.15) is 33.2 Å². The van der Waals surface area contributed by atoms with E-state index in [1.807, 2.05) is 61.5 Å². The molecule has 6 rings (SSSR count).